The second kappa shape index (κ2) is 9.50. The first kappa shape index (κ1) is 23.0. The molecule has 1 aliphatic heterocycles. The number of nitrogens with zero attached hydrogens (tertiary/aromatic N) is 3. The van der Waals surface area contributed by atoms with Crippen molar-refractivity contribution in [3.8, 4) is 0 Å². The fourth-order valence-corrected chi connectivity index (χ4v) is 4.43. The number of benzene rings is 2. The summed E-state index contributed by atoms with van der Waals surface area (Å²) in [5.41, 5.74) is 5.89. The van der Waals surface area contributed by atoms with Gasteiger partial charge in [-0.1, -0.05) is 35.9 Å². The van der Waals surface area contributed by atoms with E-state index in [1.54, 1.807) is 17.1 Å². The quantitative estimate of drug-likeness (QED) is 0.372. The van der Waals surface area contributed by atoms with Crippen LogP contribution >= 0.6 is 0 Å². The molecule has 1 atom stereocenters. The van der Waals surface area contributed by atoms with Gasteiger partial charge in [-0.15, -0.1) is 0 Å². The molecule has 3 N–H and O–H groups in total. The Hall–Kier alpha value is -4.72. The third kappa shape index (κ3) is 4.36. The van der Waals surface area contributed by atoms with Gasteiger partial charge in [0, 0.05) is 29.5 Å². The van der Waals surface area contributed by atoms with Gasteiger partial charge in [-0.25, -0.2) is 4.68 Å². The van der Waals surface area contributed by atoms with Crippen LogP contribution in [0.25, 0.3) is 0 Å². The van der Waals surface area contributed by atoms with Gasteiger partial charge in [0.2, 0.25) is 0 Å². The Morgan fingerprint density at radius 3 is 2.39 bits per heavy atom. The lowest BCUT2D eigenvalue weighted by Gasteiger charge is -2.30. The van der Waals surface area contributed by atoms with Crippen LogP contribution in [-0.4, -0.2) is 26.6 Å². The number of anilines is 3. The number of aromatic nitrogens is 3. The smallest absolute Gasteiger partial charge is 0.261 e. The number of carbonyl (C=O) groups excluding carboxylic acids is 2. The number of carbonyl (C=O) groups is 2. The highest BCUT2D eigenvalue weighted by Gasteiger charge is 2.35. The molecule has 0 saturated carbocycles. The Labute approximate surface area is 209 Å². The molecule has 0 aliphatic carbocycles. The summed E-state index contributed by atoms with van der Waals surface area (Å²) in [6, 6.07) is 18.3. The van der Waals surface area contributed by atoms with E-state index in [-0.39, 0.29) is 11.8 Å². The number of hydrogen-bond acceptors (Lipinski definition) is 5. The fourth-order valence-electron chi connectivity index (χ4n) is 4.43. The molecule has 0 radical (unpaired) electrons. The van der Waals surface area contributed by atoms with Crippen molar-refractivity contribution in [3.05, 3.63) is 113 Å². The largest absolute Gasteiger partial charge is 0.343 e. The maximum Gasteiger partial charge on any atom is 0.261 e. The first-order valence-electron chi connectivity index (χ1n) is 11.6. The van der Waals surface area contributed by atoms with Crippen LogP contribution in [-0.2, 0) is 4.79 Å². The molecule has 8 heteroatoms. The van der Waals surface area contributed by atoms with Crippen molar-refractivity contribution in [2.24, 2.45) is 0 Å². The topological polar surface area (TPSA) is 101 Å². The van der Waals surface area contributed by atoms with E-state index < -0.39 is 6.04 Å². The van der Waals surface area contributed by atoms with Gasteiger partial charge in [-0.2, -0.15) is 5.10 Å². The minimum atomic E-state index is -0.548. The maximum absolute atomic E-state index is 13.6. The molecule has 1 aliphatic rings. The summed E-state index contributed by atoms with van der Waals surface area (Å²) < 4.78 is 1.68. The molecule has 2 amide bonds. The van der Waals surface area contributed by atoms with Crippen molar-refractivity contribution in [2.75, 3.05) is 16.0 Å². The SMILES string of the molecule is CC1=C(C(=O)Nc2ccc(C)cc2C)C(c2ccncc2)n2ncc(C(=O)Nc3ccccc3)c2N1. The van der Waals surface area contributed by atoms with Crippen molar-refractivity contribution < 1.29 is 9.59 Å². The van der Waals surface area contributed by atoms with E-state index in [9.17, 15) is 9.59 Å². The third-order valence-corrected chi connectivity index (χ3v) is 6.20. The van der Waals surface area contributed by atoms with Crippen molar-refractivity contribution in [1.29, 1.82) is 0 Å². The molecule has 36 heavy (non-hydrogen) atoms. The Morgan fingerprint density at radius 2 is 1.67 bits per heavy atom. The van der Waals surface area contributed by atoms with E-state index in [2.05, 4.69) is 26.0 Å². The van der Waals surface area contributed by atoms with Crippen LogP contribution in [0.2, 0.25) is 0 Å². The zero-order chi connectivity index (χ0) is 25.2. The number of hydrogen-bond donors (Lipinski definition) is 3. The Kier molecular flexibility index (Phi) is 6.08. The maximum atomic E-state index is 13.6. The van der Waals surface area contributed by atoms with Gasteiger partial charge in [0.05, 0.1) is 11.8 Å². The average Bonchev–Trinajstić information content (AvgIpc) is 3.29. The predicted octanol–water partition coefficient (Wildman–Crippen LogP) is 5.07. The number of allylic oxidation sites excluding steroid dienone is 1. The molecule has 0 fully saturated rings. The van der Waals surface area contributed by atoms with Crippen LogP contribution < -0.4 is 16.0 Å². The van der Waals surface area contributed by atoms with E-state index in [0.717, 1.165) is 22.4 Å². The number of amides is 2. The lowest BCUT2D eigenvalue weighted by atomic mass is 9.95. The van der Waals surface area contributed by atoms with Gasteiger partial charge >= 0.3 is 0 Å². The summed E-state index contributed by atoms with van der Waals surface area (Å²) in [4.78, 5) is 30.9. The molecular weight excluding hydrogens is 452 g/mol. The molecule has 2 aromatic carbocycles. The van der Waals surface area contributed by atoms with E-state index in [1.165, 1.54) is 6.20 Å². The van der Waals surface area contributed by atoms with E-state index in [4.69, 9.17) is 0 Å². The molecular formula is C28H26N6O2. The number of aryl methyl sites for hydroxylation is 2. The molecule has 0 spiro atoms. The summed E-state index contributed by atoms with van der Waals surface area (Å²) in [5, 5.41) is 13.8. The molecule has 5 rings (SSSR count). The van der Waals surface area contributed by atoms with Crippen molar-refractivity contribution in [1.82, 2.24) is 14.8 Å². The number of para-hydroxylation sites is 1. The first-order chi connectivity index (χ1) is 17.4. The summed E-state index contributed by atoms with van der Waals surface area (Å²) in [7, 11) is 0. The minimum Gasteiger partial charge on any atom is -0.343 e. The first-order valence-corrected chi connectivity index (χ1v) is 11.6. The monoisotopic (exact) mass is 478 g/mol. The summed E-state index contributed by atoms with van der Waals surface area (Å²) in [5.74, 6) is -0.0181. The van der Waals surface area contributed by atoms with Gasteiger partial charge in [0.1, 0.15) is 17.4 Å². The van der Waals surface area contributed by atoms with Crippen LogP contribution in [0.15, 0.2) is 90.5 Å². The summed E-state index contributed by atoms with van der Waals surface area (Å²) in [6.07, 6.45) is 4.88. The average molecular weight is 479 g/mol. The standard InChI is InChI=1S/C28H26N6O2/c1-17-9-10-23(18(2)15-17)33-28(36)24-19(3)31-26-22(27(35)32-21-7-5-4-6-8-21)16-30-34(26)25(24)20-11-13-29-14-12-20/h4-16,25,31H,1-3H3,(H,32,35)(H,33,36). The lowest BCUT2D eigenvalue weighted by molar-refractivity contribution is -0.113. The molecule has 0 saturated heterocycles. The third-order valence-electron chi connectivity index (χ3n) is 6.20. The van der Waals surface area contributed by atoms with Gasteiger partial charge < -0.3 is 16.0 Å². The molecule has 0 bridgehead atoms. The van der Waals surface area contributed by atoms with Crippen molar-refractivity contribution in [2.45, 2.75) is 26.8 Å². The van der Waals surface area contributed by atoms with Crippen LogP contribution in [0.1, 0.15) is 40.0 Å². The molecule has 8 nitrogen and oxygen atoms in total. The molecule has 1 unspecified atom stereocenters. The van der Waals surface area contributed by atoms with Gasteiger partial charge in [-0.3, -0.25) is 14.6 Å². The Morgan fingerprint density at radius 1 is 0.917 bits per heavy atom. The van der Waals surface area contributed by atoms with E-state index >= 15 is 0 Å². The fraction of sp³-hybridized carbons (Fsp3) is 0.143. The summed E-state index contributed by atoms with van der Waals surface area (Å²) in [6.45, 7) is 5.81. The number of nitrogens with one attached hydrogen (secondary N) is 3. The molecule has 180 valence electrons. The molecule has 4 aromatic rings. The zero-order valence-corrected chi connectivity index (χ0v) is 20.2. The van der Waals surface area contributed by atoms with Crippen molar-refractivity contribution >= 4 is 29.0 Å². The van der Waals surface area contributed by atoms with Gasteiger partial charge in [0.25, 0.3) is 11.8 Å². The number of fused-ring (bicyclic) bond motifs is 1. The second-order valence-corrected chi connectivity index (χ2v) is 8.79. The minimum absolute atomic E-state index is 0.245. The predicted molar refractivity (Wildman–Crippen MR) is 140 cm³/mol. The molecule has 3 heterocycles. The van der Waals surface area contributed by atoms with E-state index in [0.29, 0.717) is 28.3 Å². The van der Waals surface area contributed by atoms with Gasteiger partial charge in [0.15, 0.2) is 0 Å². The highest BCUT2D eigenvalue weighted by Crippen LogP contribution is 2.38. The van der Waals surface area contributed by atoms with E-state index in [1.807, 2.05) is 81.4 Å². The van der Waals surface area contributed by atoms with Crippen LogP contribution in [0, 0.1) is 13.8 Å². The molecule has 2 aromatic heterocycles. The Balaban J connectivity index is 1.53. The number of pyridine rings is 1. The van der Waals surface area contributed by atoms with Crippen LogP contribution in [0.5, 0.6) is 0 Å². The highest BCUT2D eigenvalue weighted by molar-refractivity contribution is 6.09. The van der Waals surface area contributed by atoms with Crippen molar-refractivity contribution in [3.63, 3.8) is 0 Å². The summed E-state index contributed by atoms with van der Waals surface area (Å²) >= 11 is 0. The van der Waals surface area contributed by atoms with Crippen LogP contribution in [0.4, 0.5) is 17.2 Å². The second-order valence-electron chi connectivity index (χ2n) is 8.79. The zero-order valence-electron chi connectivity index (χ0n) is 20.2. The number of rotatable bonds is 5. The lowest BCUT2D eigenvalue weighted by Crippen LogP contribution is -2.32. The Bertz CT molecular complexity index is 1470. The van der Waals surface area contributed by atoms with Gasteiger partial charge in [-0.05, 0) is 62.2 Å². The normalized spacial score (nSPS) is 14.6. The van der Waals surface area contributed by atoms with Crippen LogP contribution in [0.3, 0.4) is 0 Å². The highest BCUT2D eigenvalue weighted by atomic mass is 16.2.